The van der Waals surface area contributed by atoms with Gasteiger partial charge in [-0.25, -0.2) is 0 Å². The van der Waals surface area contributed by atoms with E-state index in [0.29, 0.717) is 11.2 Å². The minimum atomic E-state index is 0.296. The maximum absolute atomic E-state index is 5.59. The third kappa shape index (κ3) is 5.24. The number of anilines is 1. The zero-order chi connectivity index (χ0) is 19.9. The Morgan fingerprint density at radius 2 is 1.79 bits per heavy atom. The first-order valence-corrected chi connectivity index (χ1v) is 10.5. The van der Waals surface area contributed by atoms with E-state index in [1.807, 2.05) is 12.1 Å². The number of aryl methyl sites for hydroxylation is 1. The Hall–Kier alpha value is -2.11. The average molecular weight is 398 g/mol. The molecule has 1 saturated heterocycles. The van der Waals surface area contributed by atoms with Crippen LogP contribution in [0.4, 0.5) is 5.69 Å². The summed E-state index contributed by atoms with van der Waals surface area (Å²) in [5.41, 5.74) is 4.85. The van der Waals surface area contributed by atoms with Gasteiger partial charge in [-0.15, -0.1) is 0 Å². The van der Waals surface area contributed by atoms with Gasteiger partial charge in [0.25, 0.3) is 0 Å². The second-order valence-corrected chi connectivity index (χ2v) is 7.88. The number of hydrogen-bond acceptors (Lipinski definition) is 3. The number of methoxy groups -OCH3 is 1. The van der Waals surface area contributed by atoms with Gasteiger partial charge in [-0.1, -0.05) is 30.7 Å². The second kappa shape index (κ2) is 9.89. The van der Waals surface area contributed by atoms with Crippen molar-refractivity contribution in [2.24, 2.45) is 0 Å². The van der Waals surface area contributed by atoms with E-state index in [4.69, 9.17) is 17.0 Å². The van der Waals surface area contributed by atoms with E-state index < -0.39 is 0 Å². The summed E-state index contributed by atoms with van der Waals surface area (Å²) in [6, 6.07) is 15.0. The summed E-state index contributed by atoms with van der Waals surface area (Å²) in [5, 5.41) is 7.48. The monoisotopic (exact) mass is 397 g/mol. The van der Waals surface area contributed by atoms with Crippen LogP contribution in [-0.4, -0.2) is 36.8 Å². The number of thiocarbonyl (C=S) groups is 1. The Morgan fingerprint density at radius 1 is 1.07 bits per heavy atom. The van der Waals surface area contributed by atoms with Crippen molar-refractivity contribution in [1.82, 2.24) is 10.2 Å². The predicted octanol–water partition coefficient (Wildman–Crippen LogP) is 4.83. The van der Waals surface area contributed by atoms with Crippen LogP contribution in [0, 0.1) is 13.8 Å². The molecule has 5 heteroatoms. The fourth-order valence-corrected chi connectivity index (χ4v) is 3.95. The van der Waals surface area contributed by atoms with Crippen LogP contribution < -0.4 is 15.4 Å². The van der Waals surface area contributed by atoms with Crippen LogP contribution in [-0.2, 0) is 0 Å². The summed E-state index contributed by atoms with van der Waals surface area (Å²) in [6.45, 7) is 7.29. The van der Waals surface area contributed by atoms with E-state index in [-0.39, 0.29) is 0 Å². The Morgan fingerprint density at radius 3 is 2.46 bits per heavy atom. The average Bonchev–Trinajstić information content (AvgIpc) is 2.73. The molecule has 1 aliphatic heterocycles. The van der Waals surface area contributed by atoms with Gasteiger partial charge in [-0.3, -0.25) is 4.90 Å². The van der Waals surface area contributed by atoms with Crippen LogP contribution in [0.5, 0.6) is 5.75 Å². The quantitative estimate of drug-likeness (QED) is 0.683. The standard InChI is InChI=1S/C23H31N3OS/c1-17-8-7-9-21(18(17)2)25-23(28)24-16-22(26-14-5-4-6-15-26)19-10-12-20(27-3)13-11-19/h7-13,22H,4-6,14-16H2,1-3H3,(H2,24,25,28)/t22-/m0/s1. The molecule has 2 N–H and O–H groups in total. The molecule has 0 saturated carbocycles. The normalized spacial score (nSPS) is 15.7. The van der Waals surface area contributed by atoms with E-state index in [9.17, 15) is 0 Å². The van der Waals surface area contributed by atoms with E-state index in [1.54, 1.807) is 7.11 Å². The van der Waals surface area contributed by atoms with Gasteiger partial charge >= 0.3 is 0 Å². The lowest BCUT2D eigenvalue weighted by Crippen LogP contribution is -2.41. The summed E-state index contributed by atoms with van der Waals surface area (Å²) >= 11 is 5.59. The van der Waals surface area contributed by atoms with Gasteiger partial charge in [0.05, 0.1) is 13.2 Å². The molecule has 1 atom stereocenters. The molecule has 0 aliphatic carbocycles. The van der Waals surface area contributed by atoms with Gasteiger partial charge in [0.15, 0.2) is 5.11 Å². The smallest absolute Gasteiger partial charge is 0.170 e. The molecule has 28 heavy (non-hydrogen) atoms. The third-order valence-corrected chi connectivity index (χ3v) is 5.89. The Balaban J connectivity index is 1.68. The molecule has 4 nitrogen and oxygen atoms in total. The van der Waals surface area contributed by atoms with Gasteiger partial charge in [-0.05, 0) is 86.9 Å². The van der Waals surface area contributed by atoms with Crippen LogP contribution in [0.1, 0.15) is 42.0 Å². The predicted molar refractivity (Wildman–Crippen MR) is 121 cm³/mol. The van der Waals surface area contributed by atoms with E-state index >= 15 is 0 Å². The summed E-state index contributed by atoms with van der Waals surface area (Å²) in [4.78, 5) is 2.57. The number of hydrogen-bond donors (Lipinski definition) is 2. The Labute approximate surface area is 174 Å². The van der Waals surface area contributed by atoms with E-state index in [2.05, 4.69) is 59.7 Å². The molecule has 0 radical (unpaired) electrons. The molecular weight excluding hydrogens is 366 g/mol. The van der Waals surface area contributed by atoms with Crippen molar-refractivity contribution in [3.8, 4) is 5.75 Å². The lowest BCUT2D eigenvalue weighted by atomic mass is 10.0. The van der Waals surface area contributed by atoms with Crippen molar-refractivity contribution in [1.29, 1.82) is 0 Å². The number of piperidine rings is 1. The third-order valence-electron chi connectivity index (χ3n) is 5.64. The summed E-state index contributed by atoms with van der Waals surface area (Å²) in [6.07, 6.45) is 3.85. The highest BCUT2D eigenvalue weighted by molar-refractivity contribution is 7.80. The maximum Gasteiger partial charge on any atom is 0.170 e. The molecule has 2 aromatic rings. The molecule has 0 unspecified atom stereocenters. The second-order valence-electron chi connectivity index (χ2n) is 7.47. The maximum atomic E-state index is 5.59. The Bertz CT molecular complexity index is 785. The molecule has 3 rings (SSSR count). The van der Waals surface area contributed by atoms with Gasteiger partial charge in [0, 0.05) is 12.2 Å². The molecule has 1 heterocycles. The van der Waals surface area contributed by atoms with Crippen molar-refractivity contribution in [3.63, 3.8) is 0 Å². The van der Waals surface area contributed by atoms with Crippen molar-refractivity contribution >= 4 is 23.0 Å². The zero-order valence-electron chi connectivity index (χ0n) is 17.1. The number of nitrogens with zero attached hydrogens (tertiary/aromatic N) is 1. The minimum Gasteiger partial charge on any atom is -0.497 e. The lowest BCUT2D eigenvalue weighted by Gasteiger charge is -2.35. The van der Waals surface area contributed by atoms with Crippen LogP contribution in [0.3, 0.4) is 0 Å². The van der Waals surface area contributed by atoms with Crippen molar-refractivity contribution in [3.05, 3.63) is 59.2 Å². The van der Waals surface area contributed by atoms with Gasteiger partial charge < -0.3 is 15.4 Å². The van der Waals surface area contributed by atoms with Crippen molar-refractivity contribution < 1.29 is 4.74 Å². The highest BCUT2D eigenvalue weighted by atomic mass is 32.1. The largest absolute Gasteiger partial charge is 0.497 e. The number of rotatable bonds is 6. The summed E-state index contributed by atoms with van der Waals surface area (Å²) < 4.78 is 5.32. The van der Waals surface area contributed by atoms with Crippen LogP contribution >= 0.6 is 12.2 Å². The summed E-state index contributed by atoms with van der Waals surface area (Å²) in [5.74, 6) is 0.890. The Kier molecular flexibility index (Phi) is 7.29. The van der Waals surface area contributed by atoms with Gasteiger partial charge in [0.1, 0.15) is 5.75 Å². The zero-order valence-corrected chi connectivity index (χ0v) is 17.9. The topological polar surface area (TPSA) is 36.5 Å². The first kappa shape index (κ1) is 20.6. The number of benzene rings is 2. The molecule has 1 fully saturated rings. The minimum absolute atomic E-state index is 0.296. The molecule has 1 aliphatic rings. The van der Waals surface area contributed by atoms with E-state index in [1.165, 1.54) is 36.0 Å². The first-order chi connectivity index (χ1) is 13.6. The number of ether oxygens (including phenoxy) is 1. The van der Waals surface area contributed by atoms with E-state index in [0.717, 1.165) is 31.1 Å². The fourth-order valence-electron chi connectivity index (χ4n) is 3.76. The molecule has 150 valence electrons. The molecule has 2 aromatic carbocycles. The van der Waals surface area contributed by atoms with Crippen LogP contribution in [0.25, 0.3) is 0 Å². The van der Waals surface area contributed by atoms with Crippen LogP contribution in [0.2, 0.25) is 0 Å². The molecule has 0 bridgehead atoms. The van der Waals surface area contributed by atoms with Gasteiger partial charge in [0.2, 0.25) is 0 Å². The highest BCUT2D eigenvalue weighted by Gasteiger charge is 2.22. The number of nitrogens with one attached hydrogen (secondary N) is 2. The summed E-state index contributed by atoms with van der Waals surface area (Å²) in [7, 11) is 1.70. The van der Waals surface area contributed by atoms with Crippen molar-refractivity contribution in [2.75, 3.05) is 32.1 Å². The molecular formula is C23H31N3OS. The van der Waals surface area contributed by atoms with Crippen molar-refractivity contribution in [2.45, 2.75) is 39.2 Å². The van der Waals surface area contributed by atoms with Crippen LogP contribution in [0.15, 0.2) is 42.5 Å². The lowest BCUT2D eigenvalue weighted by molar-refractivity contribution is 0.164. The first-order valence-electron chi connectivity index (χ1n) is 10.1. The molecule has 0 spiro atoms. The van der Waals surface area contributed by atoms with Gasteiger partial charge in [-0.2, -0.15) is 0 Å². The molecule has 0 aromatic heterocycles. The number of likely N-dealkylation sites (tertiary alicyclic amines) is 1. The fraction of sp³-hybridized carbons (Fsp3) is 0.435. The molecule has 0 amide bonds. The SMILES string of the molecule is COc1ccc([C@H](CNC(=S)Nc2cccc(C)c2C)N2CCCCC2)cc1. The highest BCUT2D eigenvalue weighted by Crippen LogP contribution is 2.26.